The van der Waals surface area contributed by atoms with E-state index in [4.69, 9.17) is 10.5 Å². The van der Waals surface area contributed by atoms with Crippen LogP contribution < -0.4 is 11.1 Å². The van der Waals surface area contributed by atoms with Crippen LogP contribution in [0.15, 0.2) is 0 Å². The SMILES string of the molecule is COC(CN)C(=O)NC1CCCC(C)C1.Cl. The third-order valence-electron chi connectivity index (χ3n) is 3.07. The molecule has 3 N–H and O–H groups in total. The first-order chi connectivity index (χ1) is 7.17. The number of halogens is 1. The van der Waals surface area contributed by atoms with Crippen molar-refractivity contribution in [2.45, 2.75) is 44.8 Å². The highest BCUT2D eigenvalue weighted by Gasteiger charge is 2.23. The van der Waals surface area contributed by atoms with E-state index in [0.717, 1.165) is 12.8 Å². The minimum atomic E-state index is -0.498. The zero-order chi connectivity index (χ0) is 11.3. The summed E-state index contributed by atoms with van der Waals surface area (Å²) in [6.45, 7) is 2.47. The van der Waals surface area contributed by atoms with Gasteiger partial charge in [-0.3, -0.25) is 4.79 Å². The van der Waals surface area contributed by atoms with Crippen LogP contribution in [0.1, 0.15) is 32.6 Å². The number of hydrogen-bond acceptors (Lipinski definition) is 3. The molecule has 0 bridgehead atoms. The Morgan fingerprint density at radius 1 is 1.56 bits per heavy atom. The number of amides is 1. The lowest BCUT2D eigenvalue weighted by molar-refractivity contribution is -0.131. The van der Waals surface area contributed by atoms with Crippen molar-refractivity contribution in [1.29, 1.82) is 0 Å². The molecule has 0 heterocycles. The fourth-order valence-corrected chi connectivity index (χ4v) is 2.17. The fraction of sp³-hybridized carbons (Fsp3) is 0.909. The molecule has 1 amide bonds. The van der Waals surface area contributed by atoms with Crippen LogP contribution in [-0.2, 0) is 9.53 Å². The van der Waals surface area contributed by atoms with Crippen LogP contribution in [0.2, 0.25) is 0 Å². The lowest BCUT2D eigenvalue weighted by Crippen LogP contribution is -2.46. The second-order valence-electron chi connectivity index (χ2n) is 4.44. The molecule has 1 rings (SSSR count). The Balaban J connectivity index is 0.00000225. The third kappa shape index (κ3) is 4.68. The molecule has 16 heavy (non-hydrogen) atoms. The number of rotatable bonds is 4. The summed E-state index contributed by atoms with van der Waals surface area (Å²) in [5, 5.41) is 3.01. The molecule has 0 radical (unpaired) electrons. The van der Waals surface area contributed by atoms with E-state index in [-0.39, 0.29) is 24.9 Å². The van der Waals surface area contributed by atoms with Crippen LogP contribution in [0, 0.1) is 5.92 Å². The highest BCUT2D eigenvalue weighted by Crippen LogP contribution is 2.23. The largest absolute Gasteiger partial charge is 0.370 e. The van der Waals surface area contributed by atoms with Gasteiger partial charge in [0.1, 0.15) is 6.10 Å². The molecule has 0 saturated heterocycles. The second kappa shape index (κ2) is 7.87. The number of carbonyl (C=O) groups excluding carboxylic acids is 1. The summed E-state index contributed by atoms with van der Waals surface area (Å²) in [4.78, 5) is 11.7. The molecule has 0 aromatic rings. The summed E-state index contributed by atoms with van der Waals surface area (Å²) in [6.07, 6.45) is 4.13. The summed E-state index contributed by atoms with van der Waals surface area (Å²) in [5.41, 5.74) is 5.43. The molecular formula is C11H23ClN2O2. The molecule has 1 saturated carbocycles. The van der Waals surface area contributed by atoms with Gasteiger partial charge in [-0.15, -0.1) is 12.4 Å². The average Bonchev–Trinajstić information content (AvgIpc) is 2.19. The molecule has 3 unspecified atom stereocenters. The van der Waals surface area contributed by atoms with Crippen LogP contribution in [0.25, 0.3) is 0 Å². The van der Waals surface area contributed by atoms with E-state index < -0.39 is 6.10 Å². The third-order valence-corrected chi connectivity index (χ3v) is 3.07. The van der Waals surface area contributed by atoms with E-state index in [2.05, 4.69) is 12.2 Å². The number of carbonyl (C=O) groups is 1. The van der Waals surface area contributed by atoms with Crippen molar-refractivity contribution >= 4 is 18.3 Å². The first-order valence-corrected chi connectivity index (χ1v) is 5.70. The van der Waals surface area contributed by atoms with Crippen molar-refractivity contribution in [2.75, 3.05) is 13.7 Å². The van der Waals surface area contributed by atoms with Crippen LogP contribution in [0.4, 0.5) is 0 Å². The number of ether oxygens (including phenoxy) is 1. The lowest BCUT2D eigenvalue weighted by atomic mass is 9.87. The quantitative estimate of drug-likeness (QED) is 0.785. The topological polar surface area (TPSA) is 64.3 Å². The molecule has 0 aliphatic heterocycles. The van der Waals surface area contributed by atoms with Gasteiger partial charge in [-0.2, -0.15) is 0 Å². The van der Waals surface area contributed by atoms with Crippen molar-refractivity contribution < 1.29 is 9.53 Å². The van der Waals surface area contributed by atoms with Crippen LogP contribution in [0.5, 0.6) is 0 Å². The Kier molecular flexibility index (Phi) is 7.72. The van der Waals surface area contributed by atoms with E-state index in [9.17, 15) is 4.79 Å². The summed E-state index contributed by atoms with van der Waals surface area (Å²) in [7, 11) is 1.51. The van der Waals surface area contributed by atoms with Gasteiger partial charge in [-0.05, 0) is 18.8 Å². The first kappa shape index (κ1) is 15.7. The second-order valence-corrected chi connectivity index (χ2v) is 4.44. The molecule has 4 nitrogen and oxygen atoms in total. The Hall–Kier alpha value is -0.320. The minimum Gasteiger partial charge on any atom is -0.370 e. The smallest absolute Gasteiger partial charge is 0.250 e. The van der Waals surface area contributed by atoms with Crippen molar-refractivity contribution in [2.24, 2.45) is 11.7 Å². The van der Waals surface area contributed by atoms with Gasteiger partial charge in [0, 0.05) is 19.7 Å². The zero-order valence-corrected chi connectivity index (χ0v) is 10.9. The molecular weight excluding hydrogens is 228 g/mol. The fourth-order valence-electron chi connectivity index (χ4n) is 2.17. The highest BCUT2D eigenvalue weighted by atomic mass is 35.5. The normalized spacial score (nSPS) is 26.7. The van der Waals surface area contributed by atoms with E-state index in [1.807, 2.05) is 0 Å². The number of hydrogen-bond donors (Lipinski definition) is 2. The van der Waals surface area contributed by atoms with E-state index in [0.29, 0.717) is 12.0 Å². The molecule has 0 aromatic carbocycles. The molecule has 1 fully saturated rings. The van der Waals surface area contributed by atoms with E-state index in [1.165, 1.54) is 20.0 Å². The van der Waals surface area contributed by atoms with Gasteiger partial charge in [-0.25, -0.2) is 0 Å². The Morgan fingerprint density at radius 3 is 2.75 bits per heavy atom. The lowest BCUT2D eigenvalue weighted by Gasteiger charge is -2.28. The van der Waals surface area contributed by atoms with E-state index in [1.54, 1.807) is 0 Å². The molecule has 96 valence electrons. The van der Waals surface area contributed by atoms with Crippen LogP contribution >= 0.6 is 12.4 Å². The summed E-state index contributed by atoms with van der Waals surface area (Å²) in [6, 6.07) is 0.311. The predicted molar refractivity (Wildman–Crippen MR) is 66.7 cm³/mol. The first-order valence-electron chi connectivity index (χ1n) is 5.70. The van der Waals surface area contributed by atoms with Crippen molar-refractivity contribution in [3.63, 3.8) is 0 Å². The number of methoxy groups -OCH3 is 1. The van der Waals surface area contributed by atoms with Gasteiger partial charge < -0.3 is 15.8 Å². The molecule has 1 aliphatic rings. The van der Waals surface area contributed by atoms with Gasteiger partial charge in [0.25, 0.3) is 5.91 Å². The average molecular weight is 251 g/mol. The maximum Gasteiger partial charge on any atom is 0.250 e. The molecule has 3 atom stereocenters. The molecule has 0 spiro atoms. The van der Waals surface area contributed by atoms with Gasteiger partial charge in [0.15, 0.2) is 0 Å². The van der Waals surface area contributed by atoms with Crippen molar-refractivity contribution in [1.82, 2.24) is 5.32 Å². The zero-order valence-electron chi connectivity index (χ0n) is 10.1. The van der Waals surface area contributed by atoms with Crippen LogP contribution in [-0.4, -0.2) is 31.7 Å². The van der Waals surface area contributed by atoms with Gasteiger partial charge >= 0.3 is 0 Å². The predicted octanol–water partition coefficient (Wildman–Crippen LogP) is 1.08. The summed E-state index contributed by atoms with van der Waals surface area (Å²) < 4.78 is 4.99. The maximum absolute atomic E-state index is 11.7. The molecule has 1 aliphatic carbocycles. The van der Waals surface area contributed by atoms with E-state index >= 15 is 0 Å². The van der Waals surface area contributed by atoms with Crippen molar-refractivity contribution in [3.05, 3.63) is 0 Å². The van der Waals surface area contributed by atoms with Gasteiger partial charge in [0.2, 0.25) is 0 Å². The number of nitrogens with one attached hydrogen (secondary N) is 1. The minimum absolute atomic E-state index is 0. The summed E-state index contributed by atoms with van der Waals surface area (Å²) in [5.74, 6) is 0.641. The Labute approximate surface area is 104 Å². The van der Waals surface area contributed by atoms with Gasteiger partial charge in [0.05, 0.1) is 0 Å². The molecule has 5 heteroatoms. The maximum atomic E-state index is 11.7. The number of nitrogens with two attached hydrogens (primary N) is 1. The highest BCUT2D eigenvalue weighted by molar-refractivity contribution is 5.85. The molecule has 0 aromatic heterocycles. The summed E-state index contributed by atoms with van der Waals surface area (Å²) >= 11 is 0. The Morgan fingerprint density at radius 2 is 2.25 bits per heavy atom. The monoisotopic (exact) mass is 250 g/mol. The standard InChI is InChI=1S/C11H22N2O2.ClH/c1-8-4-3-5-9(6-8)13-11(14)10(7-12)15-2;/h8-10H,3-7,12H2,1-2H3,(H,13,14);1H. The van der Waals surface area contributed by atoms with Crippen molar-refractivity contribution in [3.8, 4) is 0 Å². The van der Waals surface area contributed by atoms with Gasteiger partial charge in [-0.1, -0.05) is 19.8 Å². The Bertz CT molecular complexity index is 210. The van der Waals surface area contributed by atoms with Crippen LogP contribution in [0.3, 0.4) is 0 Å².